The highest BCUT2D eigenvalue weighted by Crippen LogP contribution is 2.23. The first-order valence-corrected chi connectivity index (χ1v) is 6.25. The van der Waals surface area contributed by atoms with E-state index < -0.39 is 0 Å². The Morgan fingerprint density at radius 3 is 2.85 bits per heavy atom. The number of rotatable bonds is 2. The van der Waals surface area contributed by atoms with Gasteiger partial charge in [-0.25, -0.2) is 0 Å². The van der Waals surface area contributed by atoms with Gasteiger partial charge < -0.3 is 11.1 Å². The van der Waals surface area contributed by atoms with Crippen LogP contribution >= 0.6 is 0 Å². The lowest BCUT2D eigenvalue weighted by molar-refractivity contribution is 0.102. The lowest BCUT2D eigenvalue weighted by atomic mass is 10.1. The summed E-state index contributed by atoms with van der Waals surface area (Å²) in [4.78, 5) is 12.4. The van der Waals surface area contributed by atoms with Gasteiger partial charge in [-0.3, -0.25) is 9.89 Å². The molecule has 0 aliphatic heterocycles. The average molecular weight is 266 g/mol. The number of carbonyl (C=O) groups is 1. The van der Waals surface area contributed by atoms with Gasteiger partial charge in [-0.1, -0.05) is 18.2 Å². The molecule has 100 valence electrons. The molecule has 0 fully saturated rings. The summed E-state index contributed by atoms with van der Waals surface area (Å²) in [6.45, 7) is 1.86. The number of carbonyl (C=O) groups excluding carboxylic acids is 1. The van der Waals surface area contributed by atoms with Crippen LogP contribution in [0.25, 0.3) is 10.9 Å². The molecule has 1 amide bonds. The first kappa shape index (κ1) is 12.2. The van der Waals surface area contributed by atoms with Crippen LogP contribution in [0.1, 0.15) is 15.9 Å². The number of benzene rings is 2. The molecule has 0 bridgehead atoms. The van der Waals surface area contributed by atoms with Gasteiger partial charge in [0.2, 0.25) is 0 Å². The summed E-state index contributed by atoms with van der Waals surface area (Å²) in [6, 6.07) is 11.0. The lowest BCUT2D eigenvalue weighted by Crippen LogP contribution is -2.15. The minimum Gasteiger partial charge on any atom is -0.398 e. The van der Waals surface area contributed by atoms with Gasteiger partial charge in [0.05, 0.1) is 23.0 Å². The number of anilines is 2. The molecule has 0 saturated carbocycles. The quantitative estimate of drug-likeness (QED) is 0.623. The maximum absolute atomic E-state index is 12.4. The third kappa shape index (κ3) is 1.99. The Balaban J connectivity index is 1.99. The van der Waals surface area contributed by atoms with Crippen molar-refractivity contribution in [1.82, 2.24) is 10.2 Å². The van der Waals surface area contributed by atoms with Crippen molar-refractivity contribution in [3.8, 4) is 0 Å². The Kier molecular flexibility index (Phi) is 2.87. The van der Waals surface area contributed by atoms with Gasteiger partial charge in [-0.05, 0) is 30.7 Å². The third-order valence-electron chi connectivity index (χ3n) is 3.27. The molecule has 4 N–H and O–H groups in total. The molecule has 0 aliphatic rings. The molecule has 2 aromatic carbocycles. The first-order chi connectivity index (χ1) is 9.66. The molecule has 20 heavy (non-hydrogen) atoms. The number of nitrogens with zero attached hydrogens (tertiary/aromatic N) is 1. The van der Waals surface area contributed by atoms with E-state index in [-0.39, 0.29) is 5.91 Å². The Hall–Kier alpha value is -2.82. The van der Waals surface area contributed by atoms with Gasteiger partial charge in [0.1, 0.15) is 0 Å². The zero-order valence-electron chi connectivity index (χ0n) is 11.0. The molecule has 3 aromatic rings. The molecule has 0 radical (unpaired) electrons. The highest BCUT2D eigenvalue weighted by Gasteiger charge is 2.14. The first-order valence-electron chi connectivity index (χ1n) is 6.25. The molecule has 0 saturated heterocycles. The van der Waals surface area contributed by atoms with E-state index in [4.69, 9.17) is 5.73 Å². The van der Waals surface area contributed by atoms with Crippen LogP contribution in [0.4, 0.5) is 11.4 Å². The maximum atomic E-state index is 12.4. The summed E-state index contributed by atoms with van der Waals surface area (Å²) in [6.07, 6.45) is 1.69. The second-order valence-corrected chi connectivity index (χ2v) is 4.63. The van der Waals surface area contributed by atoms with Crippen LogP contribution in [0.3, 0.4) is 0 Å². The number of hydrogen-bond donors (Lipinski definition) is 3. The number of amides is 1. The van der Waals surface area contributed by atoms with Crippen molar-refractivity contribution in [1.29, 1.82) is 0 Å². The number of hydrogen-bond acceptors (Lipinski definition) is 3. The average Bonchev–Trinajstić information content (AvgIpc) is 2.88. The fourth-order valence-corrected chi connectivity index (χ4v) is 2.26. The van der Waals surface area contributed by atoms with Crippen LogP contribution in [0, 0.1) is 6.92 Å². The highest BCUT2D eigenvalue weighted by molar-refractivity contribution is 6.11. The van der Waals surface area contributed by atoms with Crippen molar-refractivity contribution in [2.75, 3.05) is 11.1 Å². The molecule has 0 spiro atoms. The Bertz CT molecular complexity index is 771. The van der Waals surface area contributed by atoms with Gasteiger partial charge in [0.15, 0.2) is 0 Å². The molecule has 5 nitrogen and oxygen atoms in total. The minimum atomic E-state index is -0.214. The molecule has 1 aromatic heterocycles. The van der Waals surface area contributed by atoms with Crippen LogP contribution in [0.15, 0.2) is 42.6 Å². The van der Waals surface area contributed by atoms with Crippen molar-refractivity contribution < 1.29 is 4.79 Å². The van der Waals surface area contributed by atoms with Gasteiger partial charge in [0, 0.05) is 11.1 Å². The van der Waals surface area contributed by atoms with E-state index in [0.29, 0.717) is 16.9 Å². The van der Waals surface area contributed by atoms with Gasteiger partial charge in [-0.15, -0.1) is 0 Å². The highest BCUT2D eigenvalue weighted by atomic mass is 16.1. The summed E-state index contributed by atoms with van der Waals surface area (Å²) in [5.41, 5.74) is 9.31. The number of aryl methyl sites for hydroxylation is 1. The SMILES string of the molecule is Cc1cccc(N)c1C(=O)Nc1cccc2[nH]ncc12. The Morgan fingerprint density at radius 1 is 1.25 bits per heavy atom. The molecule has 5 heteroatoms. The molecular formula is C15H14N4O. The lowest BCUT2D eigenvalue weighted by Gasteiger charge is -2.10. The van der Waals surface area contributed by atoms with Gasteiger partial charge in [0.25, 0.3) is 5.91 Å². The molecule has 3 rings (SSSR count). The van der Waals surface area contributed by atoms with Crippen LogP contribution in [0.2, 0.25) is 0 Å². The van der Waals surface area contributed by atoms with E-state index in [9.17, 15) is 4.79 Å². The van der Waals surface area contributed by atoms with Crippen LogP contribution < -0.4 is 11.1 Å². The molecular weight excluding hydrogens is 252 g/mol. The summed E-state index contributed by atoms with van der Waals surface area (Å²) in [5.74, 6) is -0.214. The van der Waals surface area contributed by atoms with Crippen LogP contribution in [0.5, 0.6) is 0 Å². The number of fused-ring (bicyclic) bond motifs is 1. The normalized spacial score (nSPS) is 10.7. The smallest absolute Gasteiger partial charge is 0.258 e. The molecule has 1 heterocycles. The number of aromatic nitrogens is 2. The van der Waals surface area contributed by atoms with Crippen molar-refractivity contribution in [3.63, 3.8) is 0 Å². The van der Waals surface area contributed by atoms with E-state index in [2.05, 4.69) is 15.5 Å². The minimum absolute atomic E-state index is 0.214. The van der Waals surface area contributed by atoms with Crippen LogP contribution in [-0.2, 0) is 0 Å². The van der Waals surface area contributed by atoms with E-state index >= 15 is 0 Å². The fourth-order valence-electron chi connectivity index (χ4n) is 2.26. The number of H-pyrrole nitrogens is 1. The van der Waals surface area contributed by atoms with E-state index in [1.165, 1.54) is 0 Å². The Morgan fingerprint density at radius 2 is 2.05 bits per heavy atom. The van der Waals surface area contributed by atoms with Gasteiger partial charge in [-0.2, -0.15) is 5.10 Å². The Labute approximate surface area is 115 Å². The second-order valence-electron chi connectivity index (χ2n) is 4.63. The fraction of sp³-hybridized carbons (Fsp3) is 0.0667. The summed E-state index contributed by atoms with van der Waals surface area (Å²) < 4.78 is 0. The number of aromatic amines is 1. The van der Waals surface area contributed by atoms with E-state index in [1.54, 1.807) is 12.3 Å². The molecule has 0 aliphatic carbocycles. The van der Waals surface area contributed by atoms with E-state index in [1.807, 2.05) is 37.3 Å². The number of nitrogen functional groups attached to an aromatic ring is 1. The number of nitrogens with one attached hydrogen (secondary N) is 2. The van der Waals surface area contributed by atoms with Crippen LogP contribution in [-0.4, -0.2) is 16.1 Å². The van der Waals surface area contributed by atoms with Gasteiger partial charge >= 0.3 is 0 Å². The zero-order chi connectivity index (χ0) is 14.1. The summed E-state index contributed by atoms with van der Waals surface area (Å²) in [5, 5.41) is 10.6. The van der Waals surface area contributed by atoms with Crippen molar-refractivity contribution in [2.24, 2.45) is 0 Å². The van der Waals surface area contributed by atoms with Crippen molar-refractivity contribution >= 4 is 28.2 Å². The molecule has 0 unspecified atom stereocenters. The standard InChI is InChI=1S/C15H14N4O/c1-9-4-2-5-11(16)14(9)15(20)18-12-6-3-7-13-10(12)8-17-19-13/h2-8H,16H2,1H3,(H,17,19)(H,18,20). The predicted octanol–water partition coefficient (Wildman–Crippen LogP) is 2.71. The monoisotopic (exact) mass is 266 g/mol. The summed E-state index contributed by atoms with van der Waals surface area (Å²) >= 11 is 0. The largest absolute Gasteiger partial charge is 0.398 e. The maximum Gasteiger partial charge on any atom is 0.258 e. The topological polar surface area (TPSA) is 83.8 Å². The van der Waals surface area contributed by atoms with Crippen molar-refractivity contribution in [3.05, 3.63) is 53.7 Å². The molecule has 0 atom stereocenters. The second kappa shape index (κ2) is 4.70. The van der Waals surface area contributed by atoms with Crippen molar-refractivity contribution in [2.45, 2.75) is 6.92 Å². The number of nitrogens with two attached hydrogens (primary N) is 1. The third-order valence-corrected chi connectivity index (χ3v) is 3.27. The zero-order valence-corrected chi connectivity index (χ0v) is 11.0. The van der Waals surface area contributed by atoms with E-state index in [0.717, 1.165) is 16.5 Å². The predicted molar refractivity (Wildman–Crippen MR) is 79.6 cm³/mol. The summed E-state index contributed by atoms with van der Waals surface area (Å²) in [7, 11) is 0.